The molecule has 0 aliphatic carbocycles. The predicted octanol–water partition coefficient (Wildman–Crippen LogP) is 3.76. The highest BCUT2D eigenvalue weighted by molar-refractivity contribution is 6.32. The van der Waals surface area contributed by atoms with Gasteiger partial charge in [-0.05, 0) is 30.3 Å². The highest BCUT2D eigenvalue weighted by atomic mass is 35.5. The van der Waals surface area contributed by atoms with Gasteiger partial charge in [-0.15, -0.1) is 13.2 Å². The van der Waals surface area contributed by atoms with E-state index in [1.807, 2.05) is 18.2 Å². The smallest absolute Gasteiger partial charge is 0.490 e. The van der Waals surface area contributed by atoms with Crippen molar-refractivity contribution in [3.8, 4) is 5.75 Å². The highest BCUT2D eigenvalue weighted by Crippen LogP contribution is 2.42. The zero-order valence-corrected chi connectivity index (χ0v) is 17.6. The van der Waals surface area contributed by atoms with E-state index in [2.05, 4.69) is 9.72 Å². The molecule has 0 radical (unpaired) electrons. The first kappa shape index (κ1) is 22.8. The molecule has 1 amide bonds. The van der Waals surface area contributed by atoms with Crippen LogP contribution in [0.2, 0.25) is 5.02 Å². The molecule has 0 saturated carbocycles. The van der Waals surface area contributed by atoms with Crippen LogP contribution in [0.4, 0.5) is 13.2 Å². The third-order valence-corrected chi connectivity index (χ3v) is 5.71. The summed E-state index contributed by atoms with van der Waals surface area (Å²) in [6, 6.07) is 9.98. The lowest BCUT2D eigenvalue weighted by Gasteiger charge is -2.41. The molecule has 2 aliphatic rings. The molecule has 1 aromatic heterocycles. The van der Waals surface area contributed by atoms with Crippen molar-refractivity contribution in [3.05, 3.63) is 58.9 Å². The third-order valence-electron chi connectivity index (χ3n) is 5.42. The Kier molecular flexibility index (Phi) is 6.57. The van der Waals surface area contributed by atoms with E-state index in [-0.39, 0.29) is 36.2 Å². The number of rotatable bonds is 6. The molecule has 11 heteroatoms. The maximum atomic E-state index is 13.0. The number of hydrogen-bond acceptors (Lipinski definition) is 6. The number of ether oxygens (including phenoxy) is 4. The minimum Gasteiger partial charge on any atom is -0.490 e. The van der Waals surface area contributed by atoms with Gasteiger partial charge in [-0.2, -0.15) is 0 Å². The Morgan fingerprint density at radius 2 is 2.12 bits per heavy atom. The van der Waals surface area contributed by atoms with E-state index in [0.29, 0.717) is 25.1 Å². The van der Waals surface area contributed by atoms with E-state index in [1.54, 1.807) is 11.1 Å². The Labute approximate surface area is 187 Å². The molecule has 2 aromatic rings. The second-order valence-electron chi connectivity index (χ2n) is 7.31. The van der Waals surface area contributed by atoms with E-state index >= 15 is 0 Å². The Bertz CT molecular complexity index is 962. The van der Waals surface area contributed by atoms with Crippen molar-refractivity contribution in [2.45, 2.75) is 24.5 Å². The zero-order valence-electron chi connectivity index (χ0n) is 16.8. The van der Waals surface area contributed by atoms with Gasteiger partial charge in [0.2, 0.25) is 0 Å². The summed E-state index contributed by atoms with van der Waals surface area (Å²) in [6.07, 6.45) is -2.86. The standard InChI is InChI=1S/C21H20ClF3N2O5/c22-15-11-14(4-5-16(15)29-9-10-31-21(23,24)25)19(28)27-8-6-20(17-3-1-2-7-26-17)18(12-27)30-13-32-20/h1-5,7,11,18H,6,8-10,12-13H2/t18-,20-/m1/s1. The van der Waals surface area contributed by atoms with Crippen LogP contribution in [0.1, 0.15) is 22.5 Å². The molecule has 0 unspecified atom stereocenters. The predicted molar refractivity (Wildman–Crippen MR) is 106 cm³/mol. The molecule has 172 valence electrons. The number of nitrogens with zero attached hydrogens (tertiary/aromatic N) is 2. The van der Waals surface area contributed by atoms with Crippen molar-refractivity contribution in [1.29, 1.82) is 0 Å². The number of carbonyl (C=O) groups is 1. The van der Waals surface area contributed by atoms with Crippen LogP contribution >= 0.6 is 11.6 Å². The molecule has 0 N–H and O–H groups in total. The molecule has 2 saturated heterocycles. The van der Waals surface area contributed by atoms with Crippen LogP contribution < -0.4 is 4.74 Å². The van der Waals surface area contributed by atoms with Crippen LogP contribution in [0.15, 0.2) is 42.6 Å². The van der Waals surface area contributed by atoms with Crippen LogP contribution in [-0.2, 0) is 19.8 Å². The summed E-state index contributed by atoms with van der Waals surface area (Å²) in [7, 11) is 0. The van der Waals surface area contributed by atoms with Gasteiger partial charge in [0.1, 0.15) is 30.9 Å². The second-order valence-corrected chi connectivity index (χ2v) is 7.72. The number of halogens is 4. The average molecular weight is 473 g/mol. The van der Waals surface area contributed by atoms with Crippen molar-refractivity contribution >= 4 is 17.5 Å². The third kappa shape index (κ3) is 4.83. The molecular weight excluding hydrogens is 453 g/mol. The van der Waals surface area contributed by atoms with Gasteiger partial charge in [0.25, 0.3) is 5.91 Å². The molecule has 4 rings (SSSR count). The Morgan fingerprint density at radius 3 is 2.84 bits per heavy atom. The average Bonchev–Trinajstić information content (AvgIpc) is 3.21. The Balaban J connectivity index is 1.39. The molecule has 2 aliphatic heterocycles. The van der Waals surface area contributed by atoms with Gasteiger partial charge in [0.15, 0.2) is 0 Å². The maximum Gasteiger partial charge on any atom is 0.522 e. The van der Waals surface area contributed by atoms with Gasteiger partial charge in [-0.3, -0.25) is 14.5 Å². The number of piperidine rings is 1. The first-order chi connectivity index (χ1) is 15.3. The van der Waals surface area contributed by atoms with Crippen molar-refractivity contribution in [1.82, 2.24) is 9.88 Å². The van der Waals surface area contributed by atoms with Crippen molar-refractivity contribution in [3.63, 3.8) is 0 Å². The fourth-order valence-electron chi connectivity index (χ4n) is 3.88. The fraction of sp³-hybridized carbons (Fsp3) is 0.429. The summed E-state index contributed by atoms with van der Waals surface area (Å²) in [5.74, 6) is -0.0849. The number of pyridine rings is 1. The van der Waals surface area contributed by atoms with Crippen molar-refractivity contribution in [2.24, 2.45) is 0 Å². The van der Waals surface area contributed by atoms with Crippen LogP contribution in [0.5, 0.6) is 5.75 Å². The highest BCUT2D eigenvalue weighted by Gasteiger charge is 2.52. The molecule has 32 heavy (non-hydrogen) atoms. The molecule has 7 nitrogen and oxygen atoms in total. The molecule has 2 atom stereocenters. The van der Waals surface area contributed by atoms with Crippen molar-refractivity contribution in [2.75, 3.05) is 33.1 Å². The van der Waals surface area contributed by atoms with E-state index in [1.165, 1.54) is 18.2 Å². The molecule has 2 fully saturated rings. The number of fused-ring (bicyclic) bond motifs is 1. The monoisotopic (exact) mass is 472 g/mol. The SMILES string of the molecule is O=C(c1ccc(OCCOC(F)(F)F)c(Cl)c1)N1CC[C@]2(c3ccccn3)OCO[C@@H]2C1. The van der Waals surface area contributed by atoms with Gasteiger partial charge < -0.3 is 19.1 Å². The van der Waals surface area contributed by atoms with Gasteiger partial charge in [-0.1, -0.05) is 17.7 Å². The fourth-order valence-corrected chi connectivity index (χ4v) is 4.12. The van der Waals surface area contributed by atoms with Gasteiger partial charge >= 0.3 is 6.36 Å². The van der Waals surface area contributed by atoms with Gasteiger partial charge in [0, 0.05) is 24.7 Å². The summed E-state index contributed by atoms with van der Waals surface area (Å²) in [6.45, 7) is -0.137. The Morgan fingerprint density at radius 1 is 1.28 bits per heavy atom. The van der Waals surface area contributed by atoms with E-state index in [4.69, 9.17) is 25.8 Å². The van der Waals surface area contributed by atoms with Crippen molar-refractivity contribution < 1.29 is 36.9 Å². The van der Waals surface area contributed by atoms with E-state index in [0.717, 1.165) is 5.69 Å². The number of likely N-dealkylation sites (tertiary alicyclic amines) is 1. The minimum atomic E-state index is -4.72. The minimum absolute atomic E-state index is 0.114. The Hall–Kier alpha value is -2.40. The van der Waals surface area contributed by atoms with Crippen LogP contribution in [0.3, 0.4) is 0 Å². The summed E-state index contributed by atoms with van der Waals surface area (Å²) in [5, 5.41) is 0.114. The topological polar surface area (TPSA) is 70.1 Å². The number of benzene rings is 1. The quantitative estimate of drug-likeness (QED) is 0.596. The second kappa shape index (κ2) is 9.22. The first-order valence-electron chi connectivity index (χ1n) is 9.88. The normalized spacial score (nSPS) is 23.1. The molecular formula is C21H20ClF3N2O5. The lowest BCUT2D eigenvalue weighted by molar-refractivity contribution is -0.325. The van der Waals surface area contributed by atoms with Crippen LogP contribution in [-0.4, -0.2) is 61.4 Å². The number of aromatic nitrogens is 1. The molecule has 3 heterocycles. The van der Waals surface area contributed by atoms with Crippen LogP contribution in [0.25, 0.3) is 0 Å². The van der Waals surface area contributed by atoms with Gasteiger partial charge in [-0.25, -0.2) is 0 Å². The maximum absolute atomic E-state index is 13.0. The number of amides is 1. The van der Waals surface area contributed by atoms with E-state index in [9.17, 15) is 18.0 Å². The van der Waals surface area contributed by atoms with E-state index < -0.39 is 18.6 Å². The summed E-state index contributed by atoms with van der Waals surface area (Å²) in [4.78, 5) is 19.1. The molecule has 0 spiro atoms. The largest absolute Gasteiger partial charge is 0.522 e. The first-order valence-corrected chi connectivity index (χ1v) is 10.3. The zero-order chi connectivity index (χ0) is 22.8. The lowest BCUT2D eigenvalue weighted by Crippen LogP contribution is -2.53. The molecule has 0 bridgehead atoms. The molecule has 1 aromatic carbocycles. The number of hydrogen-bond donors (Lipinski definition) is 0. The number of alkyl halides is 3. The summed E-state index contributed by atoms with van der Waals surface area (Å²) >= 11 is 6.16. The summed E-state index contributed by atoms with van der Waals surface area (Å²) < 4.78 is 56.6. The number of carbonyl (C=O) groups excluding carboxylic acids is 1. The van der Waals surface area contributed by atoms with Gasteiger partial charge in [0.05, 0.1) is 23.9 Å². The summed E-state index contributed by atoms with van der Waals surface area (Å²) in [5.41, 5.74) is 0.415. The van der Waals surface area contributed by atoms with Crippen LogP contribution in [0, 0.1) is 0 Å². The lowest BCUT2D eigenvalue weighted by atomic mass is 9.85.